The molecule has 0 spiro atoms. The number of hydrogen-bond acceptors (Lipinski definition) is 7. The first-order chi connectivity index (χ1) is 18.3. The van der Waals surface area contributed by atoms with Crippen molar-refractivity contribution in [1.82, 2.24) is 24.6 Å². The smallest absolute Gasteiger partial charge is 0.228 e. The number of anilines is 3. The fourth-order valence-electron chi connectivity index (χ4n) is 4.37. The van der Waals surface area contributed by atoms with Gasteiger partial charge in [-0.15, -0.1) is 0 Å². The van der Waals surface area contributed by atoms with Gasteiger partial charge in [-0.2, -0.15) is 10.4 Å². The largest absolute Gasteiger partial charge is 0.324 e. The predicted octanol–water partition coefficient (Wildman–Crippen LogP) is 5.31. The molecule has 1 atom stereocenters. The highest BCUT2D eigenvalue weighted by Crippen LogP contribution is 2.30. The maximum absolute atomic E-state index is 12.7. The van der Waals surface area contributed by atoms with E-state index < -0.39 is 0 Å². The third-order valence-electron chi connectivity index (χ3n) is 6.51. The van der Waals surface area contributed by atoms with E-state index in [1.807, 2.05) is 43.3 Å². The molecule has 5 rings (SSSR count). The monoisotopic (exact) mass is 546 g/mol. The molecule has 2 aromatic heterocycles. The molecule has 192 valence electrons. The summed E-state index contributed by atoms with van der Waals surface area (Å²) >= 11 is 12.8. The van der Waals surface area contributed by atoms with Crippen LogP contribution < -0.4 is 10.2 Å². The molecule has 3 heterocycles. The standard InChI is InChI=1S/C27H24Cl2N8O/c1-35(2)21-10-11-36(24(38)12-21)20-8-6-19(7-9-20)33-27-31-15-22(28)26(34-27)18-14-32-37(16-18)23-5-3-4-17(13-30)25(23)29/h3-9,14-16,21H,10-12H2,1-2H3,(H,31,33,34)/t21-/m0/s1. The molecule has 38 heavy (non-hydrogen) atoms. The number of carbonyl (C=O) groups excluding carboxylic acids is 1. The van der Waals surface area contributed by atoms with Crippen LogP contribution in [0.5, 0.6) is 0 Å². The minimum Gasteiger partial charge on any atom is -0.324 e. The minimum absolute atomic E-state index is 0.127. The molecule has 0 saturated carbocycles. The molecule has 2 aromatic carbocycles. The molecule has 11 heteroatoms. The molecule has 1 amide bonds. The van der Waals surface area contributed by atoms with Crippen molar-refractivity contribution in [2.45, 2.75) is 18.9 Å². The summed E-state index contributed by atoms with van der Waals surface area (Å²) in [5.74, 6) is 0.486. The van der Waals surface area contributed by atoms with E-state index in [1.54, 1.807) is 35.3 Å². The van der Waals surface area contributed by atoms with Gasteiger partial charge < -0.3 is 15.1 Å². The lowest BCUT2D eigenvalue weighted by atomic mass is 10.0. The molecule has 1 fully saturated rings. The van der Waals surface area contributed by atoms with Crippen molar-refractivity contribution in [2.75, 3.05) is 30.9 Å². The quantitative estimate of drug-likeness (QED) is 0.349. The van der Waals surface area contributed by atoms with Crippen LogP contribution in [0.4, 0.5) is 17.3 Å². The average Bonchev–Trinajstić information content (AvgIpc) is 3.40. The Morgan fingerprint density at radius 3 is 2.63 bits per heavy atom. The van der Waals surface area contributed by atoms with Gasteiger partial charge in [0, 0.05) is 42.1 Å². The van der Waals surface area contributed by atoms with Gasteiger partial charge in [-0.25, -0.2) is 14.6 Å². The molecule has 1 aliphatic heterocycles. The molecule has 0 radical (unpaired) electrons. The molecule has 0 unspecified atom stereocenters. The van der Waals surface area contributed by atoms with Crippen molar-refractivity contribution < 1.29 is 4.79 Å². The molecular weight excluding hydrogens is 523 g/mol. The van der Waals surface area contributed by atoms with Crippen molar-refractivity contribution >= 4 is 46.4 Å². The minimum atomic E-state index is 0.127. The lowest BCUT2D eigenvalue weighted by molar-refractivity contribution is -0.120. The molecular formula is C27H24Cl2N8O. The van der Waals surface area contributed by atoms with E-state index in [9.17, 15) is 10.1 Å². The second-order valence-electron chi connectivity index (χ2n) is 9.14. The van der Waals surface area contributed by atoms with E-state index in [0.29, 0.717) is 51.5 Å². The van der Waals surface area contributed by atoms with Gasteiger partial charge in [0.25, 0.3) is 0 Å². The summed E-state index contributed by atoms with van der Waals surface area (Å²) in [5.41, 5.74) is 3.73. The first-order valence-corrected chi connectivity index (χ1v) is 12.7. The van der Waals surface area contributed by atoms with Crippen LogP contribution in [0.15, 0.2) is 61.1 Å². The summed E-state index contributed by atoms with van der Waals surface area (Å²) in [6.07, 6.45) is 6.34. The van der Waals surface area contributed by atoms with Crippen LogP contribution in [0.1, 0.15) is 18.4 Å². The highest BCUT2D eigenvalue weighted by atomic mass is 35.5. The van der Waals surface area contributed by atoms with Crippen LogP contribution in [0.2, 0.25) is 10.0 Å². The van der Waals surface area contributed by atoms with Gasteiger partial charge in [-0.1, -0.05) is 29.3 Å². The van der Waals surface area contributed by atoms with Crippen LogP contribution in [0.25, 0.3) is 16.9 Å². The number of nitrogens with one attached hydrogen (secondary N) is 1. The number of halogens is 2. The van der Waals surface area contributed by atoms with Gasteiger partial charge in [0.1, 0.15) is 6.07 Å². The summed E-state index contributed by atoms with van der Waals surface area (Å²) in [7, 11) is 4.02. The van der Waals surface area contributed by atoms with Crippen LogP contribution >= 0.6 is 23.2 Å². The number of rotatable bonds is 6. The van der Waals surface area contributed by atoms with Crippen molar-refractivity contribution in [3.63, 3.8) is 0 Å². The molecule has 9 nitrogen and oxygen atoms in total. The van der Waals surface area contributed by atoms with Gasteiger partial charge in [0.2, 0.25) is 11.9 Å². The second-order valence-corrected chi connectivity index (χ2v) is 9.93. The molecule has 0 aliphatic carbocycles. The summed E-state index contributed by atoms with van der Waals surface area (Å²) in [6.45, 7) is 0.692. The summed E-state index contributed by atoms with van der Waals surface area (Å²) in [5, 5.41) is 17.5. The number of piperidine rings is 1. The zero-order chi connectivity index (χ0) is 26.8. The number of carbonyl (C=O) groups is 1. The molecule has 4 aromatic rings. The van der Waals surface area contributed by atoms with E-state index in [2.05, 4.69) is 31.4 Å². The second kappa shape index (κ2) is 10.8. The van der Waals surface area contributed by atoms with E-state index in [1.165, 1.54) is 6.20 Å². The lowest BCUT2D eigenvalue weighted by Crippen LogP contribution is -2.45. The first kappa shape index (κ1) is 25.7. The number of benzene rings is 2. The maximum atomic E-state index is 12.7. The van der Waals surface area contributed by atoms with Crippen molar-refractivity contribution in [3.8, 4) is 23.0 Å². The van der Waals surface area contributed by atoms with E-state index in [4.69, 9.17) is 23.2 Å². The Morgan fingerprint density at radius 2 is 1.92 bits per heavy atom. The fourth-order valence-corrected chi connectivity index (χ4v) is 4.83. The van der Waals surface area contributed by atoms with Crippen molar-refractivity contribution in [1.29, 1.82) is 5.26 Å². The van der Waals surface area contributed by atoms with Crippen LogP contribution in [-0.2, 0) is 4.79 Å². The predicted molar refractivity (Wildman–Crippen MR) is 148 cm³/mol. The van der Waals surface area contributed by atoms with Crippen molar-refractivity contribution in [2.24, 2.45) is 0 Å². The van der Waals surface area contributed by atoms with E-state index in [-0.39, 0.29) is 11.9 Å². The number of hydrogen-bond donors (Lipinski definition) is 1. The van der Waals surface area contributed by atoms with Crippen molar-refractivity contribution in [3.05, 3.63) is 76.7 Å². The fraction of sp³-hybridized carbons (Fsp3) is 0.222. The Morgan fingerprint density at radius 1 is 1.13 bits per heavy atom. The number of aromatic nitrogens is 4. The van der Waals surface area contributed by atoms with Crippen LogP contribution in [0, 0.1) is 11.3 Å². The van der Waals surface area contributed by atoms with Gasteiger partial charge >= 0.3 is 0 Å². The maximum Gasteiger partial charge on any atom is 0.228 e. The van der Waals surface area contributed by atoms with Crippen LogP contribution in [-0.4, -0.2) is 57.2 Å². The molecule has 1 saturated heterocycles. The Kier molecular flexibility index (Phi) is 7.29. The zero-order valence-electron chi connectivity index (χ0n) is 20.8. The number of nitrogens with zero attached hydrogens (tertiary/aromatic N) is 7. The summed E-state index contributed by atoms with van der Waals surface area (Å²) in [6, 6.07) is 15.1. The lowest BCUT2D eigenvalue weighted by Gasteiger charge is -2.34. The van der Waals surface area contributed by atoms with Gasteiger partial charge in [-0.05, 0) is 56.9 Å². The molecule has 1 N–H and O–H groups in total. The third-order valence-corrected chi connectivity index (χ3v) is 7.18. The highest BCUT2D eigenvalue weighted by molar-refractivity contribution is 6.33. The van der Waals surface area contributed by atoms with E-state index >= 15 is 0 Å². The highest BCUT2D eigenvalue weighted by Gasteiger charge is 2.27. The molecule has 0 bridgehead atoms. The van der Waals surface area contributed by atoms with Crippen LogP contribution in [0.3, 0.4) is 0 Å². The Hall–Kier alpha value is -3.97. The normalized spacial score (nSPS) is 15.5. The number of nitriles is 1. The number of amides is 1. The Labute approximate surface area is 230 Å². The third kappa shape index (κ3) is 5.20. The summed E-state index contributed by atoms with van der Waals surface area (Å²) in [4.78, 5) is 25.5. The summed E-state index contributed by atoms with van der Waals surface area (Å²) < 4.78 is 1.57. The van der Waals surface area contributed by atoms with Gasteiger partial charge in [0.15, 0.2) is 0 Å². The first-order valence-electron chi connectivity index (χ1n) is 11.9. The van der Waals surface area contributed by atoms with Gasteiger partial charge in [0.05, 0.1) is 39.4 Å². The topological polar surface area (TPSA) is 103 Å². The Balaban J connectivity index is 1.33. The Bertz CT molecular complexity index is 1530. The SMILES string of the molecule is CN(C)[C@H]1CCN(c2ccc(Nc3ncc(Cl)c(-c4cnn(-c5cccc(C#N)c5Cl)c4)n3)cc2)C(=O)C1. The zero-order valence-corrected chi connectivity index (χ0v) is 22.3. The average molecular weight is 547 g/mol. The van der Waals surface area contributed by atoms with Gasteiger partial charge in [-0.3, -0.25) is 4.79 Å². The molecule has 1 aliphatic rings. The van der Waals surface area contributed by atoms with E-state index in [0.717, 1.165) is 17.8 Å².